The number of hydrogen-bond acceptors (Lipinski definition) is 5. The predicted molar refractivity (Wildman–Crippen MR) is 72.5 cm³/mol. The molecule has 1 saturated carbocycles. The van der Waals surface area contributed by atoms with Gasteiger partial charge in [0.1, 0.15) is 6.61 Å². The van der Waals surface area contributed by atoms with E-state index in [-0.39, 0.29) is 5.92 Å². The van der Waals surface area contributed by atoms with E-state index in [0.717, 1.165) is 19.0 Å². The van der Waals surface area contributed by atoms with Crippen molar-refractivity contribution in [2.75, 3.05) is 13.2 Å². The van der Waals surface area contributed by atoms with Crippen LogP contribution in [0, 0.1) is 11.8 Å². The predicted octanol–water partition coefficient (Wildman–Crippen LogP) is 2.47. The Balaban J connectivity index is 1.75. The zero-order valence-corrected chi connectivity index (χ0v) is 12.0. The summed E-state index contributed by atoms with van der Waals surface area (Å²) in [6.07, 6.45) is 5.06. The van der Waals surface area contributed by atoms with E-state index in [1.165, 1.54) is 25.7 Å². The van der Waals surface area contributed by atoms with Crippen LogP contribution < -0.4 is 5.73 Å². The Bertz CT molecular complexity index is 379. The largest absolute Gasteiger partial charge is 0.371 e. The van der Waals surface area contributed by atoms with Crippen LogP contribution in [0.25, 0.3) is 0 Å². The third-order valence-corrected chi connectivity index (χ3v) is 3.93. The molecule has 2 N–H and O–H groups in total. The van der Waals surface area contributed by atoms with Crippen molar-refractivity contribution < 1.29 is 9.26 Å². The van der Waals surface area contributed by atoms with Crippen LogP contribution in [0.3, 0.4) is 0 Å². The molecule has 0 radical (unpaired) electrons. The SMILES string of the molecule is CC(C)c1noc(COCC2CCCCC2CN)n1. The lowest BCUT2D eigenvalue weighted by Crippen LogP contribution is -2.29. The molecule has 0 saturated heterocycles. The second kappa shape index (κ2) is 7.01. The highest BCUT2D eigenvalue weighted by molar-refractivity contribution is 4.90. The molecule has 2 rings (SSSR count). The fraction of sp³-hybridized carbons (Fsp3) is 0.857. The van der Waals surface area contributed by atoms with Gasteiger partial charge < -0.3 is 15.0 Å². The molecule has 1 aliphatic rings. The summed E-state index contributed by atoms with van der Waals surface area (Å²) in [5.41, 5.74) is 5.82. The maximum absolute atomic E-state index is 5.82. The second-order valence-electron chi connectivity index (χ2n) is 5.76. The monoisotopic (exact) mass is 267 g/mol. The van der Waals surface area contributed by atoms with E-state index in [1.54, 1.807) is 0 Å². The van der Waals surface area contributed by atoms with Crippen molar-refractivity contribution in [3.63, 3.8) is 0 Å². The molecule has 2 unspecified atom stereocenters. The van der Waals surface area contributed by atoms with Crippen molar-refractivity contribution >= 4 is 0 Å². The highest BCUT2D eigenvalue weighted by Crippen LogP contribution is 2.29. The van der Waals surface area contributed by atoms with E-state index in [9.17, 15) is 0 Å². The van der Waals surface area contributed by atoms with Crippen molar-refractivity contribution in [3.05, 3.63) is 11.7 Å². The lowest BCUT2D eigenvalue weighted by molar-refractivity contribution is 0.0387. The lowest BCUT2D eigenvalue weighted by Gasteiger charge is -2.30. The Hall–Kier alpha value is -0.940. The first-order valence-electron chi connectivity index (χ1n) is 7.31. The van der Waals surface area contributed by atoms with Gasteiger partial charge in [0, 0.05) is 5.92 Å². The van der Waals surface area contributed by atoms with Crippen LogP contribution in [0.4, 0.5) is 0 Å². The molecule has 19 heavy (non-hydrogen) atoms. The number of nitrogens with zero attached hydrogens (tertiary/aromatic N) is 2. The molecular weight excluding hydrogens is 242 g/mol. The fourth-order valence-electron chi connectivity index (χ4n) is 2.67. The molecule has 0 aliphatic heterocycles. The van der Waals surface area contributed by atoms with Crippen LogP contribution in [0.15, 0.2) is 4.52 Å². The minimum atomic E-state index is 0.289. The summed E-state index contributed by atoms with van der Waals surface area (Å²) in [7, 11) is 0. The van der Waals surface area contributed by atoms with E-state index >= 15 is 0 Å². The first kappa shape index (κ1) is 14.5. The van der Waals surface area contributed by atoms with Crippen LogP contribution in [0.1, 0.15) is 57.2 Å². The van der Waals surface area contributed by atoms with Crippen molar-refractivity contribution in [2.45, 2.75) is 52.1 Å². The van der Waals surface area contributed by atoms with Gasteiger partial charge in [-0.3, -0.25) is 0 Å². The van der Waals surface area contributed by atoms with Gasteiger partial charge in [-0.1, -0.05) is 31.8 Å². The Labute approximate surface area is 114 Å². The summed E-state index contributed by atoms with van der Waals surface area (Å²) in [4.78, 5) is 4.30. The zero-order valence-electron chi connectivity index (χ0n) is 12.0. The summed E-state index contributed by atoms with van der Waals surface area (Å²) in [5, 5.41) is 3.93. The molecule has 0 aromatic carbocycles. The first-order valence-corrected chi connectivity index (χ1v) is 7.31. The Morgan fingerprint density at radius 3 is 2.68 bits per heavy atom. The smallest absolute Gasteiger partial charge is 0.252 e. The molecule has 1 fully saturated rings. The summed E-state index contributed by atoms with van der Waals surface area (Å²) in [6.45, 7) is 6.02. The summed E-state index contributed by atoms with van der Waals surface area (Å²) < 4.78 is 10.9. The average molecular weight is 267 g/mol. The van der Waals surface area contributed by atoms with Crippen LogP contribution in [0.5, 0.6) is 0 Å². The van der Waals surface area contributed by atoms with E-state index in [0.29, 0.717) is 24.3 Å². The number of ether oxygens (including phenoxy) is 1. The third-order valence-electron chi connectivity index (χ3n) is 3.93. The highest BCUT2D eigenvalue weighted by atomic mass is 16.5. The standard InChI is InChI=1S/C14H25N3O2/c1-10(2)14-16-13(19-17-14)9-18-8-12-6-4-3-5-11(12)7-15/h10-12H,3-9,15H2,1-2H3. The van der Waals surface area contributed by atoms with Gasteiger partial charge in [-0.2, -0.15) is 4.98 Å². The maximum Gasteiger partial charge on any atom is 0.252 e. The van der Waals surface area contributed by atoms with Gasteiger partial charge in [0.05, 0.1) is 6.61 Å². The molecule has 1 aromatic rings. The first-order chi connectivity index (χ1) is 9.20. The zero-order chi connectivity index (χ0) is 13.7. The molecule has 108 valence electrons. The minimum absolute atomic E-state index is 0.289. The van der Waals surface area contributed by atoms with Gasteiger partial charge in [-0.15, -0.1) is 0 Å². The van der Waals surface area contributed by atoms with E-state index in [4.69, 9.17) is 15.0 Å². The van der Waals surface area contributed by atoms with E-state index in [2.05, 4.69) is 10.1 Å². The van der Waals surface area contributed by atoms with Gasteiger partial charge in [0.25, 0.3) is 5.89 Å². The summed E-state index contributed by atoms with van der Waals surface area (Å²) in [5.74, 6) is 2.81. The number of aromatic nitrogens is 2. The highest BCUT2D eigenvalue weighted by Gasteiger charge is 2.24. The average Bonchev–Trinajstić information content (AvgIpc) is 2.88. The maximum atomic E-state index is 5.82. The Morgan fingerprint density at radius 1 is 1.32 bits per heavy atom. The van der Waals surface area contributed by atoms with Gasteiger partial charge in [0.2, 0.25) is 0 Å². The topological polar surface area (TPSA) is 74.2 Å². The molecular formula is C14H25N3O2. The molecule has 0 spiro atoms. The van der Waals surface area contributed by atoms with E-state index in [1.807, 2.05) is 13.8 Å². The normalized spacial score (nSPS) is 24.0. The summed E-state index contributed by atoms with van der Waals surface area (Å²) in [6, 6.07) is 0. The quantitative estimate of drug-likeness (QED) is 0.857. The van der Waals surface area contributed by atoms with Crippen molar-refractivity contribution in [2.24, 2.45) is 17.6 Å². The minimum Gasteiger partial charge on any atom is -0.371 e. The second-order valence-corrected chi connectivity index (χ2v) is 5.76. The van der Waals surface area contributed by atoms with E-state index < -0.39 is 0 Å². The van der Waals surface area contributed by atoms with Gasteiger partial charge in [0.15, 0.2) is 5.82 Å². The third kappa shape index (κ3) is 4.01. The molecule has 1 aliphatic carbocycles. The fourth-order valence-corrected chi connectivity index (χ4v) is 2.67. The van der Waals surface area contributed by atoms with Gasteiger partial charge in [-0.25, -0.2) is 0 Å². The molecule has 5 heteroatoms. The lowest BCUT2D eigenvalue weighted by atomic mass is 9.80. The Morgan fingerprint density at radius 2 is 2.05 bits per heavy atom. The van der Waals surface area contributed by atoms with Crippen LogP contribution in [0.2, 0.25) is 0 Å². The van der Waals surface area contributed by atoms with Crippen molar-refractivity contribution in [1.82, 2.24) is 10.1 Å². The molecule has 2 atom stereocenters. The Kier molecular flexibility index (Phi) is 5.34. The number of hydrogen-bond donors (Lipinski definition) is 1. The van der Waals surface area contributed by atoms with Crippen LogP contribution in [-0.2, 0) is 11.3 Å². The number of nitrogens with two attached hydrogens (primary N) is 1. The van der Waals surface area contributed by atoms with Crippen LogP contribution in [-0.4, -0.2) is 23.3 Å². The van der Waals surface area contributed by atoms with Crippen molar-refractivity contribution in [1.29, 1.82) is 0 Å². The molecule has 5 nitrogen and oxygen atoms in total. The van der Waals surface area contributed by atoms with Crippen molar-refractivity contribution in [3.8, 4) is 0 Å². The van der Waals surface area contributed by atoms with Gasteiger partial charge in [-0.05, 0) is 31.2 Å². The molecule has 1 heterocycles. The van der Waals surface area contributed by atoms with Crippen LogP contribution >= 0.6 is 0 Å². The van der Waals surface area contributed by atoms with Gasteiger partial charge >= 0.3 is 0 Å². The molecule has 0 bridgehead atoms. The summed E-state index contributed by atoms with van der Waals surface area (Å²) >= 11 is 0. The number of rotatable bonds is 6. The molecule has 1 aromatic heterocycles. The molecule has 0 amide bonds.